The number of aliphatic hydroxyl groups excluding tert-OH is 14. The fourth-order valence-electron chi connectivity index (χ4n) is 8.59. The normalized spacial score (nSPS) is 36.0. The smallest absolute Gasteiger partial charge is 0.402 e. The van der Waals surface area contributed by atoms with Crippen molar-refractivity contribution in [3.05, 3.63) is 72.3 Å². The summed E-state index contributed by atoms with van der Waals surface area (Å²) in [6.07, 6.45) is -33.4. The van der Waals surface area contributed by atoms with Crippen LogP contribution in [0.4, 0.5) is 0 Å². The number of fused-ring (bicyclic) bond motifs is 1. The van der Waals surface area contributed by atoms with Crippen LogP contribution in [0.25, 0.3) is 28.4 Å². The summed E-state index contributed by atoms with van der Waals surface area (Å²) in [5.41, 5.74) is 0.154. The van der Waals surface area contributed by atoms with E-state index >= 15 is 0 Å². The van der Waals surface area contributed by atoms with Crippen molar-refractivity contribution in [3.8, 4) is 45.8 Å². The van der Waals surface area contributed by atoms with E-state index in [4.69, 9.17) is 47.0 Å². The van der Waals surface area contributed by atoms with Gasteiger partial charge in [0.15, 0.2) is 23.9 Å². The molecule has 4 fully saturated rings. The Morgan fingerprint density at radius 2 is 1.05 bits per heavy atom. The molecule has 5 heterocycles. The van der Waals surface area contributed by atoms with Crippen molar-refractivity contribution >= 4 is 23.0 Å². The van der Waals surface area contributed by atoms with Gasteiger partial charge in [0.25, 0.3) is 0 Å². The highest BCUT2D eigenvalue weighted by molar-refractivity contribution is 5.89. The van der Waals surface area contributed by atoms with Gasteiger partial charge in [0.1, 0.15) is 121 Å². The molecule has 4 aromatic rings. The van der Waals surface area contributed by atoms with E-state index < -0.39 is 178 Å². The van der Waals surface area contributed by atoms with Crippen LogP contribution in [-0.2, 0) is 33.2 Å². The van der Waals surface area contributed by atoms with Crippen LogP contribution in [0.5, 0.6) is 34.5 Å². The van der Waals surface area contributed by atoms with Crippen molar-refractivity contribution < 1.29 is 139 Å². The average molecular weight is 1080 g/mol. The van der Waals surface area contributed by atoms with Crippen molar-refractivity contribution in [2.75, 3.05) is 26.4 Å². The zero-order valence-corrected chi connectivity index (χ0v) is 39.4. The van der Waals surface area contributed by atoms with Crippen LogP contribution in [0.1, 0.15) is 5.56 Å². The van der Waals surface area contributed by atoms with Gasteiger partial charge in [-0.05, 0) is 35.9 Å². The van der Waals surface area contributed by atoms with Crippen molar-refractivity contribution in [2.24, 2.45) is 0 Å². The molecular weight excluding hydrogens is 1020 g/mol. The summed E-state index contributed by atoms with van der Waals surface area (Å²) in [6, 6.07) is 12.4. The van der Waals surface area contributed by atoms with Gasteiger partial charge in [-0.1, -0.05) is 12.1 Å². The first-order valence-electron chi connectivity index (χ1n) is 23.4. The van der Waals surface area contributed by atoms with Crippen LogP contribution in [0.3, 0.4) is 0 Å². The van der Waals surface area contributed by atoms with Gasteiger partial charge >= 0.3 is 17.3 Å². The predicted molar refractivity (Wildman–Crippen MR) is 246 cm³/mol. The molecule has 4 saturated heterocycles. The summed E-state index contributed by atoms with van der Waals surface area (Å²) in [4.78, 5) is 13.1. The molecule has 0 radical (unpaired) electrons. The molecular formula is C48H57O28+. The average Bonchev–Trinajstić information content (AvgIpc) is 3.42. The van der Waals surface area contributed by atoms with E-state index in [1.807, 2.05) is 0 Å². The number of carbonyl (C=O) groups excluding carboxylic acids is 1. The van der Waals surface area contributed by atoms with E-state index in [1.54, 1.807) is 0 Å². The zero-order chi connectivity index (χ0) is 54.9. The number of phenolic OH excluding ortho intramolecular Hbond substituents is 3. The van der Waals surface area contributed by atoms with Gasteiger partial charge in [-0.15, -0.1) is 0 Å². The second-order valence-electron chi connectivity index (χ2n) is 18.1. The highest BCUT2D eigenvalue weighted by atomic mass is 16.8. The summed E-state index contributed by atoms with van der Waals surface area (Å²) in [5.74, 6) is -3.72. The number of hydrogen-bond donors (Lipinski definition) is 17. The highest BCUT2D eigenvalue weighted by Gasteiger charge is 2.53. The minimum atomic E-state index is -2.13. The third-order valence-corrected chi connectivity index (χ3v) is 12.9. The molecule has 17 N–H and O–H groups in total. The summed E-state index contributed by atoms with van der Waals surface area (Å²) in [6.45, 7) is -3.19. The number of aliphatic hydroxyl groups is 14. The van der Waals surface area contributed by atoms with Crippen molar-refractivity contribution in [2.45, 2.75) is 123 Å². The first kappa shape index (κ1) is 56.5. The summed E-state index contributed by atoms with van der Waals surface area (Å²) in [7, 11) is 0. The fourth-order valence-corrected chi connectivity index (χ4v) is 8.59. The zero-order valence-electron chi connectivity index (χ0n) is 39.4. The molecule has 8 rings (SSSR count). The minimum absolute atomic E-state index is 0.0389. The lowest BCUT2D eigenvalue weighted by Crippen LogP contribution is -2.65. The Hall–Kier alpha value is -5.68. The van der Waals surface area contributed by atoms with Gasteiger partial charge in [-0.3, -0.25) is 0 Å². The van der Waals surface area contributed by atoms with E-state index in [1.165, 1.54) is 42.5 Å². The molecule has 4 aliphatic heterocycles. The van der Waals surface area contributed by atoms with Gasteiger partial charge in [-0.2, -0.15) is 0 Å². The maximum Gasteiger partial charge on any atom is 0.402 e. The standard InChI is InChI=1S/C48H56O28/c49-13-27-32(56)36(60)40(64)45(72-27)68-20-5-1-17(2-6-20)3-8-31(55)67-16-30-35(59)39(63)44(76-47-42(66)38(62)34(58)29(15-51)74-47)48(75-30)71-26-12-21-24(69-43(26)18-4-7-22(53)23(54)9-18)10-19(52)11-25(21)70-46-41(65)37(61)33(57)28(14-50)73-46/h1-12,27-30,32-42,44-51,56-66H,13-16H2,(H2-,52,53,54)/p+1/b8-3+/t27-,28-,29-,30-,32-,33-,34-,35-,36+,37+,38+,39+,40-,41-,42-,44-,45-,46-,47+,48+/m1/s1. The quantitative estimate of drug-likeness (QED) is 0.0216. The molecule has 0 unspecified atom stereocenters. The van der Waals surface area contributed by atoms with Crippen LogP contribution in [-0.4, -0.2) is 242 Å². The van der Waals surface area contributed by atoms with Gasteiger partial charge in [-0.25, -0.2) is 9.21 Å². The van der Waals surface area contributed by atoms with Crippen molar-refractivity contribution in [1.29, 1.82) is 0 Å². The van der Waals surface area contributed by atoms with Crippen LogP contribution < -0.4 is 14.2 Å². The maximum atomic E-state index is 13.1. The lowest BCUT2D eigenvalue weighted by molar-refractivity contribution is -0.357. The monoisotopic (exact) mass is 1080 g/mol. The fraction of sp³-hybridized carbons (Fsp3) is 0.500. The molecule has 416 valence electrons. The number of benzene rings is 3. The Morgan fingerprint density at radius 3 is 1.63 bits per heavy atom. The number of phenols is 3. The molecule has 20 atom stereocenters. The first-order chi connectivity index (χ1) is 36.2. The van der Waals surface area contributed by atoms with E-state index in [0.717, 1.165) is 30.3 Å². The Labute approximate surface area is 428 Å². The SMILES string of the molecule is O=C(/C=C/c1ccc(O[C@@H]2O[C@H](CO)[C@@H](O)[C@H](O)[C@H]2O)cc1)OC[C@H]1O[C@H](Oc2cc3c(O[C@@H]4O[C@H](CO)[C@@H](O)[C@H](O)[C@H]4O)cc(O)cc3[o+]c2-c2ccc(O)c(O)c2)[C@H](O[C@@H]2O[C@H](CO)[C@@H](O)[C@H](O)[C@H]2O)[C@@H](O)[C@@H]1O. The molecule has 76 heavy (non-hydrogen) atoms. The number of carbonyl (C=O) groups is 1. The summed E-state index contributed by atoms with van der Waals surface area (Å²) >= 11 is 0. The number of esters is 1. The summed E-state index contributed by atoms with van der Waals surface area (Å²) in [5, 5.41) is 178. The van der Waals surface area contributed by atoms with Crippen LogP contribution in [0.15, 0.2) is 71.2 Å². The lowest BCUT2D eigenvalue weighted by Gasteiger charge is -2.45. The van der Waals surface area contributed by atoms with E-state index in [-0.39, 0.29) is 33.8 Å². The molecule has 4 aliphatic rings. The van der Waals surface area contributed by atoms with Crippen molar-refractivity contribution in [1.82, 2.24) is 0 Å². The second-order valence-corrected chi connectivity index (χ2v) is 18.1. The number of aromatic hydroxyl groups is 3. The molecule has 1 aromatic heterocycles. The Morgan fingerprint density at radius 1 is 0.526 bits per heavy atom. The van der Waals surface area contributed by atoms with Gasteiger partial charge in [0.2, 0.25) is 24.6 Å². The maximum absolute atomic E-state index is 13.1. The van der Waals surface area contributed by atoms with Gasteiger partial charge in [0, 0.05) is 24.3 Å². The second kappa shape index (κ2) is 23.9. The van der Waals surface area contributed by atoms with E-state index in [2.05, 4.69) is 0 Å². The van der Waals surface area contributed by atoms with Crippen LogP contribution >= 0.6 is 0 Å². The molecule has 0 amide bonds. The van der Waals surface area contributed by atoms with E-state index in [9.17, 15) is 91.6 Å². The first-order valence-corrected chi connectivity index (χ1v) is 23.4. The minimum Gasteiger partial charge on any atom is -0.507 e. The molecule has 3 aromatic carbocycles. The van der Waals surface area contributed by atoms with Gasteiger partial charge < -0.3 is 129 Å². The van der Waals surface area contributed by atoms with Crippen molar-refractivity contribution in [3.63, 3.8) is 0 Å². The molecule has 0 aliphatic carbocycles. The number of ether oxygens (including phenoxy) is 9. The van der Waals surface area contributed by atoms with Crippen LogP contribution in [0.2, 0.25) is 0 Å². The van der Waals surface area contributed by atoms with Gasteiger partial charge in [0.05, 0.1) is 31.5 Å². The molecule has 0 saturated carbocycles. The molecule has 28 nitrogen and oxygen atoms in total. The topological polar surface area (TPSA) is 455 Å². The lowest BCUT2D eigenvalue weighted by atomic mass is 9.97. The third-order valence-electron chi connectivity index (χ3n) is 12.9. The number of rotatable bonds is 16. The largest absolute Gasteiger partial charge is 0.507 e. The third kappa shape index (κ3) is 11.9. The molecule has 0 spiro atoms. The highest BCUT2D eigenvalue weighted by Crippen LogP contribution is 2.44. The van der Waals surface area contributed by atoms with Crippen LogP contribution in [0, 0.1) is 0 Å². The Balaban J connectivity index is 1.08. The molecule has 28 heteroatoms. The summed E-state index contributed by atoms with van der Waals surface area (Å²) < 4.78 is 57.7. The Kier molecular flexibility index (Phi) is 17.8. The van der Waals surface area contributed by atoms with E-state index in [0.29, 0.717) is 5.56 Å². The predicted octanol–water partition coefficient (Wildman–Crippen LogP) is -4.88. The molecule has 0 bridgehead atoms. The Bertz CT molecular complexity index is 2630. The number of hydrogen-bond acceptors (Lipinski definition) is 27.